The zero-order chi connectivity index (χ0) is 10.5. The quantitative estimate of drug-likeness (QED) is 0.523. The van der Waals surface area contributed by atoms with Gasteiger partial charge >= 0.3 is 8.56 Å². The Hall–Kier alpha value is 0.0569. The molecule has 0 spiro atoms. The van der Waals surface area contributed by atoms with E-state index in [-0.39, 0.29) is 5.73 Å². The number of aliphatic hydroxyl groups is 1. The first-order chi connectivity index (χ1) is 6.00. The molecule has 13 heavy (non-hydrogen) atoms. The zero-order valence-corrected chi connectivity index (χ0v) is 10.0. The lowest BCUT2D eigenvalue weighted by Gasteiger charge is -2.30. The molecule has 0 heterocycles. The number of hydrogen-bond acceptors (Lipinski definition) is 4. The van der Waals surface area contributed by atoms with Crippen molar-refractivity contribution in [2.45, 2.75) is 38.8 Å². The Labute approximate surface area is 81.1 Å². The lowest BCUT2D eigenvalue weighted by molar-refractivity contribution is -0.120. The molecule has 0 aromatic carbocycles. The molecule has 0 fully saturated rings. The average Bonchev–Trinajstić information content (AvgIpc) is 2.16. The molecular weight excluding hydrogens is 188 g/mol. The van der Waals surface area contributed by atoms with Crippen molar-refractivity contribution in [3.8, 4) is 0 Å². The lowest BCUT2D eigenvalue weighted by Crippen LogP contribution is -2.50. The van der Waals surface area contributed by atoms with Crippen LogP contribution in [0.3, 0.4) is 0 Å². The van der Waals surface area contributed by atoms with Crippen molar-refractivity contribution in [1.82, 2.24) is 0 Å². The van der Waals surface area contributed by atoms with E-state index in [4.69, 9.17) is 13.6 Å². The maximum atomic E-state index is 9.27. The maximum Gasteiger partial charge on any atom is 0.364 e. The van der Waals surface area contributed by atoms with Crippen molar-refractivity contribution >= 4 is 8.56 Å². The van der Waals surface area contributed by atoms with Gasteiger partial charge in [0.1, 0.15) is 5.73 Å². The van der Waals surface area contributed by atoms with Crippen molar-refractivity contribution in [3.63, 3.8) is 0 Å². The van der Waals surface area contributed by atoms with Gasteiger partial charge in [-0.05, 0) is 19.9 Å². The van der Waals surface area contributed by atoms with Crippen LogP contribution in [-0.4, -0.2) is 39.9 Å². The lowest BCUT2D eigenvalue weighted by atomic mass is 10.5. The molecule has 0 aliphatic rings. The molecule has 2 unspecified atom stereocenters. The summed E-state index contributed by atoms with van der Waals surface area (Å²) in [5, 5.41) is 9.27. The van der Waals surface area contributed by atoms with Crippen molar-refractivity contribution < 1.29 is 18.7 Å². The second kappa shape index (κ2) is 5.72. The zero-order valence-electron chi connectivity index (χ0n) is 9.03. The Morgan fingerprint density at radius 3 is 2.08 bits per heavy atom. The van der Waals surface area contributed by atoms with E-state index in [1.165, 1.54) is 0 Å². The molecule has 0 aliphatic carbocycles. The summed E-state index contributed by atoms with van der Waals surface area (Å²) in [5.74, 6) is 0. The minimum Gasteiger partial charge on any atom is -0.396 e. The summed E-state index contributed by atoms with van der Waals surface area (Å²) < 4.78 is 15.9. The summed E-state index contributed by atoms with van der Waals surface area (Å²) in [6.45, 7) is 5.62. The first kappa shape index (κ1) is 13.1. The van der Waals surface area contributed by atoms with E-state index in [1.807, 2.05) is 20.4 Å². The maximum absolute atomic E-state index is 9.27. The molecular formula is C8H20O4Si. The molecule has 0 aromatic rings. The number of rotatable bonds is 6. The van der Waals surface area contributed by atoms with Crippen LogP contribution < -0.4 is 0 Å². The van der Waals surface area contributed by atoms with Gasteiger partial charge in [0.25, 0.3) is 0 Å². The van der Waals surface area contributed by atoms with Gasteiger partial charge in [-0.15, -0.1) is 0 Å². The Morgan fingerprint density at radius 1 is 1.31 bits per heavy atom. The molecule has 80 valence electrons. The van der Waals surface area contributed by atoms with Crippen molar-refractivity contribution in [3.05, 3.63) is 0 Å². The fourth-order valence-corrected chi connectivity index (χ4v) is 2.11. The molecule has 2 atom stereocenters. The van der Waals surface area contributed by atoms with Crippen molar-refractivity contribution in [2.24, 2.45) is 0 Å². The molecule has 0 saturated heterocycles. The third kappa shape index (κ3) is 3.74. The normalized spacial score (nSPS) is 17.1. The number of hydrogen-bond donors (Lipinski definition) is 1. The second-order valence-corrected chi connectivity index (χ2v) is 6.73. The van der Waals surface area contributed by atoms with Crippen LogP contribution in [0.25, 0.3) is 0 Å². The highest BCUT2D eigenvalue weighted by Gasteiger charge is 2.38. The summed E-state index contributed by atoms with van der Waals surface area (Å²) in [6, 6.07) is 0. The Bertz CT molecular complexity index is 138. The second-order valence-electron chi connectivity index (χ2n) is 3.07. The van der Waals surface area contributed by atoms with Crippen LogP contribution in [0.2, 0.25) is 6.55 Å². The third-order valence-electron chi connectivity index (χ3n) is 2.26. The third-order valence-corrected chi connectivity index (χ3v) is 5.49. The van der Waals surface area contributed by atoms with Gasteiger partial charge < -0.3 is 18.7 Å². The molecule has 0 bridgehead atoms. The number of ether oxygens (including phenoxy) is 1. The first-order valence-electron chi connectivity index (χ1n) is 4.44. The largest absolute Gasteiger partial charge is 0.396 e. The Morgan fingerprint density at radius 2 is 1.77 bits per heavy atom. The van der Waals surface area contributed by atoms with Crippen LogP contribution in [0.1, 0.15) is 20.3 Å². The summed E-state index contributed by atoms with van der Waals surface area (Å²) in [7, 11) is 0.948. The van der Waals surface area contributed by atoms with Gasteiger partial charge in [-0.3, -0.25) is 0 Å². The summed E-state index contributed by atoms with van der Waals surface area (Å²) >= 11 is 0. The molecule has 0 amide bonds. The molecule has 5 heteroatoms. The molecule has 1 N–H and O–H groups in total. The average molecular weight is 208 g/mol. The van der Waals surface area contributed by atoms with Crippen LogP contribution in [0.5, 0.6) is 0 Å². The number of aliphatic hydroxyl groups excluding tert-OH is 1. The molecule has 0 aromatic heterocycles. The van der Waals surface area contributed by atoms with E-state index in [2.05, 4.69) is 0 Å². The van der Waals surface area contributed by atoms with E-state index in [1.54, 1.807) is 14.2 Å². The van der Waals surface area contributed by atoms with E-state index >= 15 is 0 Å². The summed E-state index contributed by atoms with van der Waals surface area (Å²) in [5.41, 5.74) is -0.183. The summed E-state index contributed by atoms with van der Waals surface area (Å²) in [4.78, 5) is 0. The monoisotopic (exact) mass is 208 g/mol. The molecule has 4 nitrogen and oxygen atoms in total. The van der Waals surface area contributed by atoms with Crippen molar-refractivity contribution in [1.29, 1.82) is 0 Å². The molecule has 0 rings (SSSR count). The predicted octanol–water partition coefficient (Wildman–Crippen LogP) is 1.02. The van der Waals surface area contributed by atoms with Gasteiger partial charge in [-0.25, -0.2) is 0 Å². The Kier molecular flexibility index (Phi) is 5.74. The molecule has 0 aliphatic heterocycles. The van der Waals surface area contributed by atoms with Crippen LogP contribution in [0, 0.1) is 0 Å². The predicted molar refractivity (Wildman–Crippen MR) is 52.5 cm³/mol. The van der Waals surface area contributed by atoms with Gasteiger partial charge in [0.15, 0.2) is 6.29 Å². The molecule has 0 saturated carbocycles. The van der Waals surface area contributed by atoms with Gasteiger partial charge in [0.05, 0.1) is 0 Å². The summed E-state index contributed by atoms with van der Waals surface area (Å²) in [6.07, 6.45) is -0.158. The van der Waals surface area contributed by atoms with Crippen molar-refractivity contribution in [2.75, 3.05) is 14.2 Å². The SMILES string of the molecule is CCC(O)OC(C)[Si](C)(OC)OC. The molecule has 0 radical (unpaired) electrons. The van der Waals surface area contributed by atoms with Crippen LogP contribution in [0.4, 0.5) is 0 Å². The topological polar surface area (TPSA) is 47.9 Å². The fraction of sp³-hybridized carbons (Fsp3) is 1.00. The highest BCUT2D eigenvalue weighted by Crippen LogP contribution is 2.15. The standard InChI is InChI=1S/C8H20O4Si/c1-6-8(9)12-7(2)13(5,10-3)11-4/h7-9H,6H2,1-5H3. The first-order valence-corrected chi connectivity index (χ1v) is 6.83. The van der Waals surface area contributed by atoms with E-state index in [0.29, 0.717) is 6.42 Å². The highest BCUT2D eigenvalue weighted by molar-refractivity contribution is 6.67. The van der Waals surface area contributed by atoms with Crippen LogP contribution in [-0.2, 0) is 13.6 Å². The van der Waals surface area contributed by atoms with Gasteiger partial charge in [0.2, 0.25) is 0 Å². The van der Waals surface area contributed by atoms with Gasteiger partial charge in [-0.2, -0.15) is 0 Å². The van der Waals surface area contributed by atoms with E-state index in [0.717, 1.165) is 0 Å². The van der Waals surface area contributed by atoms with Gasteiger partial charge in [-0.1, -0.05) is 6.92 Å². The van der Waals surface area contributed by atoms with E-state index < -0.39 is 14.9 Å². The Balaban J connectivity index is 4.13. The van der Waals surface area contributed by atoms with Crippen LogP contribution in [0.15, 0.2) is 0 Å². The van der Waals surface area contributed by atoms with E-state index in [9.17, 15) is 5.11 Å². The van der Waals surface area contributed by atoms with Gasteiger partial charge in [0, 0.05) is 14.2 Å². The highest BCUT2D eigenvalue weighted by atomic mass is 28.4. The minimum absolute atomic E-state index is 0.183. The smallest absolute Gasteiger partial charge is 0.364 e. The van der Waals surface area contributed by atoms with Crippen LogP contribution >= 0.6 is 0 Å². The fourth-order valence-electron chi connectivity index (χ4n) is 0.871. The minimum atomic E-state index is -2.26.